The summed E-state index contributed by atoms with van der Waals surface area (Å²) in [5.41, 5.74) is 1.58. The highest BCUT2D eigenvalue weighted by atomic mass is 16.5. The van der Waals surface area contributed by atoms with Gasteiger partial charge >= 0.3 is 0 Å². The number of hydrogen-bond acceptors (Lipinski definition) is 4. The predicted molar refractivity (Wildman–Crippen MR) is 105 cm³/mol. The number of nitrogens with zero attached hydrogens (tertiary/aromatic N) is 2. The van der Waals surface area contributed by atoms with E-state index in [1.807, 2.05) is 49.3 Å². The molecular formula is C21H27N3O2. The Hall–Kier alpha value is -2.56. The SMILES string of the molecule is CN(C)c1cccc(C(=O)Nc2ncccc2OCC2CCCCC2)c1. The Bertz CT molecular complexity index is 740. The number of carbonyl (C=O) groups excluding carboxylic acids is 1. The zero-order valence-corrected chi connectivity index (χ0v) is 15.6. The van der Waals surface area contributed by atoms with E-state index in [9.17, 15) is 4.79 Å². The molecule has 1 fully saturated rings. The van der Waals surface area contributed by atoms with Gasteiger partial charge in [-0.1, -0.05) is 25.3 Å². The normalized spacial score (nSPS) is 14.7. The molecule has 1 aliphatic carbocycles. The maximum absolute atomic E-state index is 12.6. The van der Waals surface area contributed by atoms with Crippen LogP contribution in [0.3, 0.4) is 0 Å². The van der Waals surface area contributed by atoms with Crippen LogP contribution in [0.4, 0.5) is 11.5 Å². The van der Waals surface area contributed by atoms with Crippen molar-refractivity contribution in [2.45, 2.75) is 32.1 Å². The third-order valence-corrected chi connectivity index (χ3v) is 4.83. The van der Waals surface area contributed by atoms with E-state index in [0.717, 1.165) is 5.69 Å². The van der Waals surface area contributed by atoms with Gasteiger partial charge in [0, 0.05) is 31.5 Å². The molecule has 5 nitrogen and oxygen atoms in total. The van der Waals surface area contributed by atoms with Crippen LogP contribution < -0.4 is 15.0 Å². The summed E-state index contributed by atoms with van der Waals surface area (Å²) in [5.74, 6) is 1.53. The number of ether oxygens (including phenoxy) is 1. The first-order valence-corrected chi connectivity index (χ1v) is 9.30. The average molecular weight is 353 g/mol. The highest BCUT2D eigenvalue weighted by Crippen LogP contribution is 2.27. The summed E-state index contributed by atoms with van der Waals surface area (Å²) in [6.07, 6.45) is 8.01. The van der Waals surface area contributed by atoms with Crippen molar-refractivity contribution >= 4 is 17.4 Å². The van der Waals surface area contributed by atoms with E-state index in [4.69, 9.17) is 4.74 Å². The van der Waals surface area contributed by atoms with Crippen LogP contribution in [0.2, 0.25) is 0 Å². The number of rotatable bonds is 6. The van der Waals surface area contributed by atoms with Crippen molar-refractivity contribution in [3.05, 3.63) is 48.2 Å². The van der Waals surface area contributed by atoms with Gasteiger partial charge in [-0.15, -0.1) is 0 Å². The van der Waals surface area contributed by atoms with Crippen LogP contribution in [0.5, 0.6) is 5.75 Å². The number of amides is 1. The Morgan fingerprint density at radius 3 is 2.77 bits per heavy atom. The van der Waals surface area contributed by atoms with Gasteiger partial charge in [-0.2, -0.15) is 0 Å². The number of carbonyl (C=O) groups is 1. The molecule has 1 aromatic heterocycles. The minimum Gasteiger partial charge on any atom is -0.489 e. The molecule has 138 valence electrons. The number of benzene rings is 1. The van der Waals surface area contributed by atoms with Crippen molar-refractivity contribution in [1.82, 2.24) is 4.98 Å². The first-order chi connectivity index (χ1) is 12.6. The molecule has 1 heterocycles. The second-order valence-corrected chi connectivity index (χ2v) is 7.06. The lowest BCUT2D eigenvalue weighted by molar-refractivity contribution is 0.102. The zero-order valence-electron chi connectivity index (χ0n) is 15.6. The average Bonchev–Trinajstić information content (AvgIpc) is 2.68. The summed E-state index contributed by atoms with van der Waals surface area (Å²) in [6, 6.07) is 11.2. The van der Waals surface area contributed by atoms with Crippen molar-refractivity contribution in [1.29, 1.82) is 0 Å². The molecule has 26 heavy (non-hydrogen) atoms. The lowest BCUT2D eigenvalue weighted by Gasteiger charge is -2.22. The monoisotopic (exact) mass is 353 g/mol. The van der Waals surface area contributed by atoms with Crippen molar-refractivity contribution < 1.29 is 9.53 Å². The molecule has 0 saturated heterocycles. The van der Waals surface area contributed by atoms with E-state index in [2.05, 4.69) is 10.3 Å². The zero-order chi connectivity index (χ0) is 18.4. The van der Waals surface area contributed by atoms with Gasteiger partial charge in [0.05, 0.1) is 6.61 Å². The molecule has 1 aliphatic rings. The molecule has 1 amide bonds. The summed E-state index contributed by atoms with van der Waals surface area (Å²) >= 11 is 0. The van der Waals surface area contributed by atoms with E-state index >= 15 is 0 Å². The molecule has 1 N–H and O–H groups in total. The first kappa shape index (κ1) is 18.2. The largest absolute Gasteiger partial charge is 0.489 e. The van der Waals surface area contributed by atoms with Crippen LogP contribution in [0.25, 0.3) is 0 Å². The molecule has 1 aromatic carbocycles. The number of aromatic nitrogens is 1. The fourth-order valence-corrected chi connectivity index (χ4v) is 3.27. The van der Waals surface area contributed by atoms with Gasteiger partial charge in [-0.05, 0) is 49.1 Å². The first-order valence-electron chi connectivity index (χ1n) is 9.30. The van der Waals surface area contributed by atoms with Gasteiger partial charge in [0.2, 0.25) is 0 Å². The molecular weight excluding hydrogens is 326 g/mol. The summed E-state index contributed by atoms with van der Waals surface area (Å²) in [6.45, 7) is 0.685. The summed E-state index contributed by atoms with van der Waals surface area (Å²) in [7, 11) is 3.90. The van der Waals surface area contributed by atoms with Crippen LogP contribution in [-0.4, -0.2) is 31.6 Å². The minimum absolute atomic E-state index is 0.185. The van der Waals surface area contributed by atoms with Crippen LogP contribution in [0.15, 0.2) is 42.6 Å². The Morgan fingerprint density at radius 1 is 1.19 bits per heavy atom. The third kappa shape index (κ3) is 4.75. The quantitative estimate of drug-likeness (QED) is 0.838. The number of pyridine rings is 1. The predicted octanol–water partition coefficient (Wildman–Crippen LogP) is 4.36. The molecule has 1 saturated carbocycles. The van der Waals surface area contributed by atoms with Crippen LogP contribution in [0, 0.1) is 5.92 Å². The van der Waals surface area contributed by atoms with Gasteiger partial charge < -0.3 is 15.0 Å². The van der Waals surface area contributed by atoms with Gasteiger partial charge in [-0.25, -0.2) is 4.98 Å². The maximum atomic E-state index is 12.6. The summed E-state index contributed by atoms with van der Waals surface area (Å²) in [4.78, 5) is 18.9. The lowest BCUT2D eigenvalue weighted by atomic mass is 9.90. The second kappa shape index (κ2) is 8.70. The van der Waals surface area contributed by atoms with E-state index in [1.54, 1.807) is 12.3 Å². The van der Waals surface area contributed by atoms with E-state index in [1.165, 1.54) is 32.1 Å². The standard InChI is InChI=1S/C21H27N3O2/c1-24(2)18-11-6-10-17(14-18)21(25)23-20-19(12-7-13-22-20)26-15-16-8-4-3-5-9-16/h6-7,10-14,16H,3-5,8-9,15H2,1-2H3,(H,22,23,25). The molecule has 0 atom stereocenters. The topological polar surface area (TPSA) is 54.5 Å². The van der Waals surface area contributed by atoms with Gasteiger partial charge in [0.25, 0.3) is 5.91 Å². The Morgan fingerprint density at radius 2 is 2.00 bits per heavy atom. The maximum Gasteiger partial charge on any atom is 0.256 e. The molecule has 0 bridgehead atoms. The van der Waals surface area contributed by atoms with Gasteiger partial charge in [0.1, 0.15) is 0 Å². The van der Waals surface area contributed by atoms with Crippen molar-refractivity contribution in [3.8, 4) is 5.75 Å². The third-order valence-electron chi connectivity index (χ3n) is 4.83. The van der Waals surface area contributed by atoms with E-state index in [-0.39, 0.29) is 5.91 Å². The Balaban J connectivity index is 1.67. The highest BCUT2D eigenvalue weighted by Gasteiger charge is 2.16. The number of nitrogens with one attached hydrogen (secondary N) is 1. The fraction of sp³-hybridized carbons (Fsp3) is 0.429. The molecule has 0 aliphatic heterocycles. The smallest absolute Gasteiger partial charge is 0.256 e. The second-order valence-electron chi connectivity index (χ2n) is 7.06. The summed E-state index contributed by atoms with van der Waals surface area (Å²) < 4.78 is 5.99. The summed E-state index contributed by atoms with van der Waals surface area (Å²) in [5, 5.41) is 2.89. The lowest BCUT2D eigenvalue weighted by Crippen LogP contribution is -2.18. The van der Waals surface area contributed by atoms with Crippen LogP contribution >= 0.6 is 0 Å². The molecule has 0 spiro atoms. The molecule has 5 heteroatoms. The number of hydrogen-bond donors (Lipinski definition) is 1. The van der Waals surface area contributed by atoms with Crippen LogP contribution in [-0.2, 0) is 0 Å². The molecule has 0 radical (unpaired) electrons. The Labute approximate surface area is 155 Å². The van der Waals surface area contributed by atoms with Gasteiger partial charge in [0.15, 0.2) is 11.6 Å². The van der Waals surface area contributed by atoms with Crippen LogP contribution in [0.1, 0.15) is 42.5 Å². The molecule has 0 unspecified atom stereocenters. The molecule has 3 rings (SSSR count). The van der Waals surface area contributed by atoms with Crippen molar-refractivity contribution in [3.63, 3.8) is 0 Å². The highest BCUT2D eigenvalue weighted by molar-refractivity contribution is 6.04. The van der Waals surface area contributed by atoms with Gasteiger partial charge in [-0.3, -0.25) is 4.79 Å². The van der Waals surface area contributed by atoms with Crippen molar-refractivity contribution in [2.75, 3.05) is 30.9 Å². The van der Waals surface area contributed by atoms with E-state index < -0.39 is 0 Å². The minimum atomic E-state index is -0.185. The fourth-order valence-electron chi connectivity index (χ4n) is 3.27. The Kier molecular flexibility index (Phi) is 6.10. The van der Waals surface area contributed by atoms with Crippen molar-refractivity contribution in [2.24, 2.45) is 5.92 Å². The number of anilines is 2. The molecule has 2 aromatic rings. The van der Waals surface area contributed by atoms with E-state index in [0.29, 0.717) is 29.7 Å².